The molecule has 0 spiro atoms. The third-order valence-corrected chi connectivity index (χ3v) is 6.53. The molecule has 2 aromatic carbocycles. The Bertz CT molecular complexity index is 893. The minimum absolute atomic E-state index is 0.00308. The summed E-state index contributed by atoms with van der Waals surface area (Å²) >= 11 is 7.43. The molecule has 2 fully saturated rings. The first kappa shape index (κ1) is 17.2. The van der Waals surface area contributed by atoms with Crippen LogP contribution in [0, 0.1) is 6.92 Å². The number of hydrogen-bond acceptors (Lipinski definition) is 4. The van der Waals surface area contributed by atoms with Crippen LogP contribution in [0.15, 0.2) is 48.5 Å². The third-order valence-electron chi connectivity index (χ3n) is 4.81. The highest BCUT2D eigenvalue weighted by Crippen LogP contribution is 2.46. The van der Waals surface area contributed by atoms with Gasteiger partial charge < -0.3 is 4.90 Å². The van der Waals surface area contributed by atoms with Gasteiger partial charge in [0.15, 0.2) is 10.9 Å². The second-order valence-corrected chi connectivity index (χ2v) is 8.06. The largest absolute Gasteiger partial charge is 0.319 e. The Morgan fingerprint density at radius 1 is 1.12 bits per heavy atom. The van der Waals surface area contributed by atoms with Gasteiger partial charge in [0.1, 0.15) is 11.4 Å². The lowest BCUT2D eigenvalue weighted by molar-refractivity contribution is -0.119. The van der Waals surface area contributed by atoms with Crippen LogP contribution in [-0.2, 0) is 4.79 Å². The maximum Gasteiger partial charge on any atom is 0.257 e. The van der Waals surface area contributed by atoms with Gasteiger partial charge in [-0.25, -0.2) is 0 Å². The zero-order valence-corrected chi connectivity index (χ0v) is 16.1. The smallest absolute Gasteiger partial charge is 0.257 e. The van der Waals surface area contributed by atoms with E-state index in [-0.39, 0.29) is 23.1 Å². The van der Waals surface area contributed by atoms with Crippen molar-refractivity contribution in [2.24, 2.45) is 0 Å². The molecule has 0 bridgehead atoms. The van der Waals surface area contributed by atoms with Crippen molar-refractivity contribution < 1.29 is 9.59 Å². The summed E-state index contributed by atoms with van der Waals surface area (Å²) in [7, 11) is 0. The number of anilines is 1. The molecule has 1 amide bonds. The van der Waals surface area contributed by atoms with Gasteiger partial charge in [-0.05, 0) is 55.9 Å². The summed E-state index contributed by atoms with van der Waals surface area (Å²) in [5, 5.41) is 0.588. The maximum absolute atomic E-state index is 13.0. The van der Waals surface area contributed by atoms with Gasteiger partial charge in [-0.3, -0.25) is 14.5 Å². The molecule has 0 radical (unpaired) electrons. The quantitative estimate of drug-likeness (QED) is 0.594. The molecule has 132 valence electrons. The summed E-state index contributed by atoms with van der Waals surface area (Å²) in [6, 6.07) is 15.2. The van der Waals surface area contributed by atoms with E-state index in [1.807, 2.05) is 4.90 Å². The zero-order chi connectivity index (χ0) is 18.4. The molecule has 2 aromatic rings. The Labute approximate surface area is 162 Å². The van der Waals surface area contributed by atoms with Crippen LogP contribution in [0.3, 0.4) is 0 Å². The SMILES string of the molecule is CC(=O)c1ccc(N2C(=O)[C@H]3CS[C@@H](c4ccc(C)cc4)N3C2=S)cc1. The lowest BCUT2D eigenvalue weighted by atomic mass is 10.1. The van der Waals surface area contributed by atoms with Crippen molar-refractivity contribution in [2.45, 2.75) is 25.3 Å². The number of carbonyl (C=O) groups is 2. The van der Waals surface area contributed by atoms with Crippen molar-refractivity contribution in [2.75, 3.05) is 10.7 Å². The van der Waals surface area contributed by atoms with Gasteiger partial charge in [-0.2, -0.15) is 0 Å². The fourth-order valence-electron chi connectivity index (χ4n) is 3.36. The van der Waals surface area contributed by atoms with E-state index in [0.717, 1.165) is 11.3 Å². The average molecular weight is 383 g/mol. The highest BCUT2D eigenvalue weighted by atomic mass is 32.2. The predicted molar refractivity (Wildman–Crippen MR) is 109 cm³/mol. The molecule has 2 aliphatic heterocycles. The summed E-state index contributed by atoms with van der Waals surface area (Å²) < 4.78 is 0. The zero-order valence-electron chi connectivity index (χ0n) is 14.5. The number of Topliss-reactive ketones (excluding diaryl/α,β-unsaturated/α-hetero) is 1. The summed E-state index contributed by atoms with van der Waals surface area (Å²) in [5.41, 5.74) is 3.71. The van der Waals surface area contributed by atoms with E-state index >= 15 is 0 Å². The van der Waals surface area contributed by atoms with E-state index in [1.54, 1.807) is 40.9 Å². The van der Waals surface area contributed by atoms with Crippen LogP contribution in [0.5, 0.6) is 0 Å². The average Bonchev–Trinajstić information content (AvgIpc) is 3.17. The molecule has 6 heteroatoms. The number of thiocarbonyl (C=S) groups is 1. The number of fused-ring (bicyclic) bond motifs is 1. The van der Waals surface area contributed by atoms with Crippen molar-refractivity contribution in [3.8, 4) is 0 Å². The van der Waals surface area contributed by atoms with Gasteiger partial charge in [-0.15, -0.1) is 11.8 Å². The normalized spacial score (nSPS) is 22.1. The Morgan fingerprint density at radius 2 is 1.77 bits per heavy atom. The van der Waals surface area contributed by atoms with Gasteiger partial charge >= 0.3 is 0 Å². The monoisotopic (exact) mass is 382 g/mol. The van der Waals surface area contributed by atoms with Gasteiger partial charge in [0.2, 0.25) is 0 Å². The van der Waals surface area contributed by atoms with Crippen molar-refractivity contribution in [3.63, 3.8) is 0 Å². The molecule has 4 rings (SSSR count). The van der Waals surface area contributed by atoms with E-state index < -0.39 is 0 Å². The van der Waals surface area contributed by atoms with E-state index in [0.29, 0.717) is 16.4 Å². The van der Waals surface area contributed by atoms with Gasteiger partial charge in [0, 0.05) is 11.3 Å². The van der Waals surface area contributed by atoms with E-state index in [9.17, 15) is 9.59 Å². The Kier molecular flexibility index (Phi) is 4.32. The number of aryl methyl sites for hydroxylation is 1. The van der Waals surface area contributed by atoms with Gasteiger partial charge in [-0.1, -0.05) is 29.8 Å². The molecular weight excluding hydrogens is 364 g/mol. The third kappa shape index (κ3) is 2.73. The molecule has 0 saturated carbocycles. The summed E-state index contributed by atoms with van der Waals surface area (Å²) in [6.45, 7) is 3.59. The summed E-state index contributed by atoms with van der Waals surface area (Å²) in [4.78, 5) is 28.1. The minimum Gasteiger partial charge on any atom is -0.319 e. The maximum atomic E-state index is 13.0. The molecule has 0 N–H and O–H groups in total. The minimum atomic E-state index is -0.230. The first-order valence-electron chi connectivity index (χ1n) is 8.43. The Morgan fingerprint density at radius 3 is 2.38 bits per heavy atom. The number of hydrogen-bond donors (Lipinski definition) is 0. The lowest BCUT2D eigenvalue weighted by Gasteiger charge is -2.25. The summed E-state index contributed by atoms with van der Waals surface area (Å²) in [6.07, 6.45) is 0. The van der Waals surface area contributed by atoms with Crippen LogP contribution in [0.2, 0.25) is 0 Å². The molecule has 2 heterocycles. The van der Waals surface area contributed by atoms with E-state index in [4.69, 9.17) is 12.2 Å². The fourth-order valence-corrected chi connectivity index (χ4v) is 5.28. The number of carbonyl (C=O) groups excluding carboxylic acids is 2. The second-order valence-electron chi connectivity index (χ2n) is 6.58. The number of thioether (sulfide) groups is 1. The molecule has 2 saturated heterocycles. The first-order valence-corrected chi connectivity index (χ1v) is 9.88. The molecular formula is C20H18N2O2S2. The number of ketones is 1. The molecule has 0 unspecified atom stereocenters. The number of nitrogens with zero attached hydrogens (tertiary/aromatic N) is 2. The number of benzene rings is 2. The van der Waals surface area contributed by atoms with Crippen LogP contribution in [0.4, 0.5) is 5.69 Å². The van der Waals surface area contributed by atoms with Crippen molar-refractivity contribution in [1.29, 1.82) is 0 Å². The first-order chi connectivity index (χ1) is 12.5. The van der Waals surface area contributed by atoms with Crippen LogP contribution in [0.25, 0.3) is 0 Å². The molecule has 4 nitrogen and oxygen atoms in total. The molecule has 26 heavy (non-hydrogen) atoms. The highest BCUT2D eigenvalue weighted by Gasteiger charge is 2.50. The lowest BCUT2D eigenvalue weighted by Crippen LogP contribution is -2.33. The van der Waals surface area contributed by atoms with Crippen molar-refractivity contribution in [1.82, 2.24) is 4.90 Å². The molecule has 2 aliphatic rings. The van der Waals surface area contributed by atoms with Gasteiger partial charge in [0.05, 0.1) is 5.69 Å². The van der Waals surface area contributed by atoms with Crippen LogP contribution >= 0.6 is 24.0 Å². The topological polar surface area (TPSA) is 40.6 Å². The van der Waals surface area contributed by atoms with Crippen LogP contribution < -0.4 is 4.90 Å². The fraction of sp³-hybridized carbons (Fsp3) is 0.250. The molecule has 0 aliphatic carbocycles. The Balaban J connectivity index is 1.64. The summed E-state index contributed by atoms with van der Waals surface area (Å²) in [5.74, 6) is 0.732. The van der Waals surface area contributed by atoms with E-state index in [2.05, 4.69) is 31.2 Å². The van der Waals surface area contributed by atoms with Gasteiger partial charge in [0.25, 0.3) is 5.91 Å². The van der Waals surface area contributed by atoms with Crippen molar-refractivity contribution in [3.05, 3.63) is 65.2 Å². The Hall–Kier alpha value is -2.18. The number of rotatable bonds is 3. The highest BCUT2D eigenvalue weighted by molar-refractivity contribution is 7.99. The molecule has 0 aromatic heterocycles. The van der Waals surface area contributed by atoms with E-state index in [1.165, 1.54) is 12.5 Å². The predicted octanol–water partition coefficient (Wildman–Crippen LogP) is 3.95. The number of amides is 1. The van der Waals surface area contributed by atoms with Crippen LogP contribution in [0.1, 0.15) is 33.8 Å². The van der Waals surface area contributed by atoms with Crippen LogP contribution in [-0.4, -0.2) is 33.5 Å². The van der Waals surface area contributed by atoms with Crippen molar-refractivity contribution >= 4 is 46.5 Å². The standard InChI is InChI=1S/C20H18N2O2S2/c1-12-3-5-15(6-4-12)19-22-17(11-26-19)18(24)21(20(22)25)16-9-7-14(8-10-16)13(2)23/h3-10,17,19H,11H2,1-2H3/t17-,19+/m1/s1. The second kappa shape index (κ2) is 6.52. The molecule has 2 atom stereocenters.